The Bertz CT molecular complexity index is 204. The van der Waals surface area contributed by atoms with Crippen molar-refractivity contribution in [2.24, 2.45) is 4.99 Å². The van der Waals surface area contributed by atoms with E-state index < -0.39 is 8.56 Å². The minimum atomic E-state index is -1.90. The minimum absolute atomic E-state index is 0.493. The highest BCUT2D eigenvalue weighted by atomic mass is 28.4. The summed E-state index contributed by atoms with van der Waals surface area (Å²) in [4.78, 5) is 13.2. The molecule has 0 atom stereocenters. The smallest absolute Gasteiger partial charge is 0.334 e. The zero-order valence-corrected chi connectivity index (χ0v) is 10.7. The summed E-state index contributed by atoms with van der Waals surface area (Å²) in [7, 11) is 1.49. The molecule has 88 valence electrons. The van der Waals surface area contributed by atoms with Gasteiger partial charge in [-0.3, -0.25) is 0 Å². The Kier molecular flexibility index (Phi) is 8.45. The van der Waals surface area contributed by atoms with Crippen molar-refractivity contribution in [1.82, 2.24) is 5.32 Å². The lowest BCUT2D eigenvalue weighted by atomic mass is 10.5. The van der Waals surface area contributed by atoms with Gasteiger partial charge in [-0.2, -0.15) is 0 Å². The summed E-state index contributed by atoms with van der Waals surface area (Å²) in [6.07, 6.45) is 2.51. The fourth-order valence-corrected chi connectivity index (χ4v) is 2.52. The third-order valence-electron chi connectivity index (χ3n) is 2.31. The van der Waals surface area contributed by atoms with E-state index in [1.807, 2.05) is 6.55 Å². The average molecular weight is 232 g/mol. The van der Waals surface area contributed by atoms with Crippen LogP contribution in [-0.4, -0.2) is 48.5 Å². The van der Waals surface area contributed by atoms with E-state index in [2.05, 4.69) is 10.3 Å². The fraction of sp³-hybridized carbons (Fsp3) is 0.889. The van der Waals surface area contributed by atoms with E-state index >= 15 is 0 Å². The van der Waals surface area contributed by atoms with Crippen LogP contribution in [0.2, 0.25) is 12.6 Å². The van der Waals surface area contributed by atoms with Gasteiger partial charge >= 0.3 is 8.56 Å². The van der Waals surface area contributed by atoms with Gasteiger partial charge in [0.1, 0.15) is 0 Å². The predicted octanol–water partition coefficient (Wildman–Crippen LogP) is 0.667. The van der Waals surface area contributed by atoms with E-state index in [1.54, 1.807) is 14.2 Å². The lowest BCUT2D eigenvalue weighted by molar-refractivity contribution is 0.248. The van der Waals surface area contributed by atoms with Crippen LogP contribution in [0.15, 0.2) is 4.99 Å². The highest BCUT2D eigenvalue weighted by Gasteiger charge is 2.27. The van der Waals surface area contributed by atoms with Crippen LogP contribution in [0.5, 0.6) is 0 Å². The summed E-state index contributed by atoms with van der Waals surface area (Å²) in [5.74, 6) is 0. The van der Waals surface area contributed by atoms with Crippen LogP contribution < -0.4 is 5.32 Å². The number of rotatable bonds is 9. The average Bonchev–Trinajstić information content (AvgIpc) is 2.27. The van der Waals surface area contributed by atoms with Crippen molar-refractivity contribution >= 4 is 14.6 Å². The van der Waals surface area contributed by atoms with E-state index in [0.29, 0.717) is 13.1 Å². The predicted molar refractivity (Wildman–Crippen MR) is 60.9 cm³/mol. The molecular weight excluding hydrogens is 212 g/mol. The van der Waals surface area contributed by atoms with Crippen LogP contribution >= 0.6 is 0 Å². The van der Waals surface area contributed by atoms with Crippen LogP contribution in [0.25, 0.3) is 0 Å². The maximum Gasteiger partial charge on any atom is 0.334 e. The monoisotopic (exact) mass is 232 g/mol. The third-order valence-corrected chi connectivity index (χ3v) is 5.30. The lowest BCUT2D eigenvalue weighted by Crippen LogP contribution is -2.36. The van der Waals surface area contributed by atoms with Crippen molar-refractivity contribution < 1.29 is 13.6 Å². The van der Waals surface area contributed by atoms with Gasteiger partial charge in [0, 0.05) is 20.8 Å². The van der Waals surface area contributed by atoms with Gasteiger partial charge in [-0.15, -0.1) is 0 Å². The molecule has 0 aromatic heterocycles. The Hall–Kier alpha value is -0.523. The molecule has 0 aliphatic carbocycles. The number of hydrogen-bond acceptors (Lipinski definition) is 5. The topological polar surface area (TPSA) is 59.9 Å². The molecule has 0 rings (SSSR count). The molecule has 0 spiro atoms. The second-order valence-corrected chi connectivity index (χ2v) is 6.95. The van der Waals surface area contributed by atoms with E-state index in [-0.39, 0.29) is 0 Å². The molecule has 0 amide bonds. The highest BCUT2D eigenvalue weighted by molar-refractivity contribution is 6.65. The van der Waals surface area contributed by atoms with E-state index in [9.17, 15) is 4.79 Å². The van der Waals surface area contributed by atoms with Crippen LogP contribution in [0.1, 0.15) is 6.42 Å². The largest absolute Gasteiger partial charge is 0.398 e. The first-order chi connectivity index (χ1) is 7.18. The molecule has 0 fully saturated rings. The molecule has 0 saturated heterocycles. The second-order valence-electron chi connectivity index (χ2n) is 3.37. The van der Waals surface area contributed by atoms with Gasteiger partial charge in [-0.05, 0) is 25.6 Å². The Morgan fingerprint density at radius 2 is 2.00 bits per heavy atom. The molecule has 0 aromatic rings. The first kappa shape index (κ1) is 14.5. The third kappa shape index (κ3) is 7.41. The summed E-state index contributed by atoms with van der Waals surface area (Å²) < 4.78 is 10.7. The van der Waals surface area contributed by atoms with Crippen molar-refractivity contribution in [2.75, 3.05) is 33.9 Å². The first-order valence-electron chi connectivity index (χ1n) is 5.03. The molecule has 0 bridgehead atoms. The van der Waals surface area contributed by atoms with Crippen LogP contribution in [0, 0.1) is 0 Å². The van der Waals surface area contributed by atoms with Gasteiger partial charge in [-0.25, -0.2) is 9.79 Å². The maximum absolute atomic E-state index is 9.76. The zero-order chi connectivity index (χ0) is 11.6. The number of nitrogens with one attached hydrogen (secondary N) is 1. The van der Waals surface area contributed by atoms with Crippen molar-refractivity contribution in [3.63, 3.8) is 0 Å². The first-order valence-corrected chi connectivity index (χ1v) is 7.55. The molecule has 0 aromatic carbocycles. The van der Waals surface area contributed by atoms with E-state index in [4.69, 9.17) is 8.85 Å². The minimum Gasteiger partial charge on any atom is -0.398 e. The summed E-state index contributed by atoms with van der Waals surface area (Å²) >= 11 is 0. The molecular formula is C9H20N2O3Si. The zero-order valence-electron chi connectivity index (χ0n) is 9.71. The summed E-state index contributed by atoms with van der Waals surface area (Å²) in [6, 6.07) is 0.962. The van der Waals surface area contributed by atoms with Crippen LogP contribution in [0.3, 0.4) is 0 Å². The Morgan fingerprint density at radius 3 is 2.53 bits per heavy atom. The van der Waals surface area contributed by atoms with Crippen molar-refractivity contribution in [1.29, 1.82) is 0 Å². The molecule has 0 aliphatic rings. The van der Waals surface area contributed by atoms with Gasteiger partial charge in [0.05, 0.1) is 6.54 Å². The molecule has 0 saturated carbocycles. The lowest BCUT2D eigenvalue weighted by Gasteiger charge is -2.22. The van der Waals surface area contributed by atoms with Gasteiger partial charge in [0.15, 0.2) is 0 Å². The molecule has 5 nitrogen and oxygen atoms in total. The number of nitrogens with zero attached hydrogens (tertiary/aromatic N) is 1. The number of hydrogen-bond donors (Lipinski definition) is 1. The maximum atomic E-state index is 9.76. The van der Waals surface area contributed by atoms with Crippen molar-refractivity contribution in [2.45, 2.75) is 19.0 Å². The SMILES string of the molecule is CO[Si](C)(CCCNCCN=C=O)OC. The Labute approximate surface area is 92.1 Å². The normalized spacial score (nSPS) is 11.1. The quantitative estimate of drug-likeness (QED) is 0.275. The number of carbonyl (C=O) groups excluding carboxylic acids is 1. The fourth-order valence-electron chi connectivity index (χ4n) is 1.13. The van der Waals surface area contributed by atoms with E-state index in [1.165, 1.54) is 6.08 Å². The molecule has 15 heavy (non-hydrogen) atoms. The van der Waals surface area contributed by atoms with Crippen molar-refractivity contribution in [3.05, 3.63) is 0 Å². The number of aliphatic imine (C=N–C) groups is 1. The van der Waals surface area contributed by atoms with E-state index in [0.717, 1.165) is 19.0 Å². The summed E-state index contributed by atoms with van der Waals surface area (Å²) in [6.45, 7) is 4.15. The molecule has 0 radical (unpaired) electrons. The standard InChI is InChI=1S/C9H20N2O3Si/c1-13-15(3,14-2)8-4-5-10-6-7-11-9-12/h10H,4-8H2,1-3H3. The molecule has 0 heterocycles. The van der Waals surface area contributed by atoms with Gasteiger partial charge in [0.2, 0.25) is 6.08 Å². The molecule has 1 N–H and O–H groups in total. The van der Waals surface area contributed by atoms with Crippen LogP contribution in [-0.2, 0) is 13.6 Å². The highest BCUT2D eigenvalue weighted by Crippen LogP contribution is 2.12. The van der Waals surface area contributed by atoms with Gasteiger partial charge in [0.25, 0.3) is 0 Å². The second kappa shape index (κ2) is 8.76. The molecule has 0 unspecified atom stereocenters. The van der Waals surface area contributed by atoms with Gasteiger partial charge < -0.3 is 14.2 Å². The Morgan fingerprint density at radius 1 is 1.33 bits per heavy atom. The molecule has 0 aliphatic heterocycles. The van der Waals surface area contributed by atoms with Gasteiger partial charge in [-0.1, -0.05) is 0 Å². The summed E-state index contributed by atoms with van der Waals surface area (Å²) in [5.41, 5.74) is 0. The number of isocyanates is 1. The molecule has 6 heteroatoms. The summed E-state index contributed by atoms with van der Waals surface area (Å²) in [5, 5.41) is 3.18. The Balaban J connectivity index is 3.41. The van der Waals surface area contributed by atoms with Crippen LogP contribution in [0.4, 0.5) is 0 Å². The van der Waals surface area contributed by atoms with Crippen molar-refractivity contribution in [3.8, 4) is 0 Å².